The first-order valence-corrected chi connectivity index (χ1v) is 10.3. The van der Waals surface area contributed by atoms with Crippen molar-refractivity contribution in [2.45, 2.75) is 26.4 Å². The fourth-order valence-electron chi connectivity index (χ4n) is 3.94. The van der Waals surface area contributed by atoms with Crippen LogP contribution in [0.15, 0.2) is 30.7 Å². The quantitative estimate of drug-likeness (QED) is 0.662. The molecule has 164 valence electrons. The maximum absolute atomic E-state index is 13.1. The standard InChI is InChI=1S/C21H23N5O3.CH4O/c1-13-10-22-20-16(11-23-26(20)12-13)21(27)24-17-8-15-7-14(2)29-19(15)9-18(17)25-3-5-28-6-4-25;1-2/h8-12,14H,3-7H2,1-2H3,(H,24,27);2H,1H3. The second-order valence-corrected chi connectivity index (χ2v) is 7.62. The Hall–Kier alpha value is -3.17. The number of morpholine rings is 1. The van der Waals surface area contributed by atoms with Crippen LogP contribution >= 0.6 is 0 Å². The van der Waals surface area contributed by atoms with Gasteiger partial charge in [0.05, 0.1) is 30.8 Å². The second-order valence-electron chi connectivity index (χ2n) is 7.62. The molecule has 2 N–H and O–H groups in total. The summed E-state index contributed by atoms with van der Waals surface area (Å²) in [5.41, 5.74) is 4.81. The predicted molar refractivity (Wildman–Crippen MR) is 117 cm³/mol. The molecule has 1 atom stereocenters. The molecule has 0 aliphatic carbocycles. The summed E-state index contributed by atoms with van der Waals surface area (Å²) in [6, 6.07) is 4.07. The summed E-state index contributed by atoms with van der Waals surface area (Å²) in [7, 11) is 1.00. The van der Waals surface area contributed by atoms with E-state index in [0.717, 1.165) is 54.9 Å². The van der Waals surface area contributed by atoms with Gasteiger partial charge in [-0.15, -0.1) is 0 Å². The van der Waals surface area contributed by atoms with Gasteiger partial charge in [0.1, 0.15) is 17.4 Å². The van der Waals surface area contributed by atoms with Crippen LogP contribution in [0.1, 0.15) is 28.4 Å². The number of ether oxygens (including phenoxy) is 2. The fraction of sp³-hybridized carbons (Fsp3) is 0.409. The number of aliphatic hydroxyl groups is 1. The number of carbonyl (C=O) groups is 1. The Balaban J connectivity index is 0.00000112. The zero-order chi connectivity index (χ0) is 22.0. The summed E-state index contributed by atoms with van der Waals surface area (Å²) in [5.74, 6) is 0.669. The Bertz CT molecular complexity index is 1090. The Labute approximate surface area is 180 Å². The monoisotopic (exact) mass is 425 g/mol. The van der Waals surface area contributed by atoms with Gasteiger partial charge in [-0.1, -0.05) is 0 Å². The average molecular weight is 425 g/mol. The molecule has 5 rings (SSSR count). The number of benzene rings is 1. The van der Waals surface area contributed by atoms with Crippen molar-refractivity contribution in [2.24, 2.45) is 0 Å². The van der Waals surface area contributed by atoms with Gasteiger partial charge >= 0.3 is 0 Å². The first kappa shape index (κ1) is 21.1. The molecule has 0 bridgehead atoms. The van der Waals surface area contributed by atoms with Crippen molar-refractivity contribution < 1.29 is 19.4 Å². The summed E-state index contributed by atoms with van der Waals surface area (Å²) < 4.78 is 13.1. The maximum atomic E-state index is 13.1. The van der Waals surface area contributed by atoms with Gasteiger partial charge in [0.25, 0.3) is 5.91 Å². The van der Waals surface area contributed by atoms with Gasteiger partial charge in [0.2, 0.25) is 0 Å². The van der Waals surface area contributed by atoms with Gasteiger partial charge in [-0.3, -0.25) is 4.79 Å². The van der Waals surface area contributed by atoms with E-state index in [4.69, 9.17) is 14.6 Å². The van der Waals surface area contributed by atoms with Gasteiger partial charge in [0, 0.05) is 50.6 Å². The lowest BCUT2D eigenvalue weighted by atomic mass is 10.1. The number of fused-ring (bicyclic) bond motifs is 2. The Morgan fingerprint density at radius 1 is 1.23 bits per heavy atom. The summed E-state index contributed by atoms with van der Waals surface area (Å²) in [6.45, 7) is 6.87. The van der Waals surface area contributed by atoms with Crippen molar-refractivity contribution in [3.05, 3.63) is 47.4 Å². The van der Waals surface area contributed by atoms with E-state index < -0.39 is 0 Å². The Morgan fingerprint density at radius 3 is 2.77 bits per heavy atom. The summed E-state index contributed by atoms with van der Waals surface area (Å²) in [6.07, 6.45) is 6.12. The summed E-state index contributed by atoms with van der Waals surface area (Å²) in [4.78, 5) is 19.7. The SMILES string of the molecule is CO.Cc1cnc2c(C(=O)Nc3cc4c(cc3N3CCOCC3)OC(C)C4)cnn2c1. The molecule has 0 spiro atoms. The van der Waals surface area contributed by atoms with Gasteiger partial charge in [-0.2, -0.15) is 5.10 Å². The molecule has 1 amide bonds. The number of aryl methyl sites for hydroxylation is 1. The van der Waals surface area contributed by atoms with Crippen LogP contribution in [0.25, 0.3) is 5.65 Å². The zero-order valence-electron chi connectivity index (χ0n) is 18.0. The molecule has 0 radical (unpaired) electrons. The number of nitrogens with zero attached hydrogens (tertiary/aromatic N) is 4. The number of carbonyl (C=O) groups excluding carboxylic acids is 1. The number of aromatic nitrogens is 3. The second kappa shape index (κ2) is 8.91. The highest BCUT2D eigenvalue weighted by molar-refractivity contribution is 6.09. The van der Waals surface area contributed by atoms with Crippen LogP contribution < -0.4 is 15.0 Å². The normalized spacial score (nSPS) is 17.5. The van der Waals surface area contributed by atoms with E-state index in [1.165, 1.54) is 0 Å². The molecule has 0 saturated carbocycles. The lowest BCUT2D eigenvalue weighted by Crippen LogP contribution is -2.36. The largest absolute Gasteiger partial charge is 0.490 e. The van der Waals surface area contributed by atoms with Crippen LogP contribution in [0.2, 0.25) is 0 Å². The van der Waals surface area contributed by atoms with Crippen molar-refractivity contribution in [1.82, 2.24) is 14.6 Å². The summed E-state index contributed by atoms with van der Waals surface area (Å²) >= 11 is 0. The molecule has 1 unspecified atom stereocenters. The van der Waals surface area contributed by atoms with Crippen LogP contribution in [-0.4, -0.2) is 65.1 Å². The van der Waals surface area contributed by atoms with Crippen LogP contribution in [0.4, 0.5) is 11.4 Å². The van der Waals surface area contributed by atoms with Crippen molar-refractivity contribution in [3.63, 3.8) is 0 Å². The van der Waals surface area contributed by atoms with E-state index in [0.29, 0.717) is 24.4 Å². The minimum absolute atomic E-state index is 0.139. The third-order valence-corrected chi connectivity index (χ3v) is 5.34. The third-order valence-electron chi connectivity index (χ3n) is 5.34. The highest BCUT2D eigenvalue weighted by atomic mass is 16.5. The molecule has 1 saturated heterocycles. The van der Waals surface area contributed by atoms with E-state index in [1.54, 1.807) is 16.9 Å². The highest BCUT2D eigenvalue weighted by Crippen LogP contribution is 2.39. The number of nitrogens with one attached hydrogen (secondary N) is 1. The molecule has 2 aliphatic heterocycles. The average Bonchev–Trinajstić information content (AvgIpc) is 3.36. The topological polar surface area (TPSA) is 101 Å². The van der Waals surface area contributed by atoms with Gasteiger partial charge < -0.3 is 24.8 Å². The van der Waals surface area contributed by atoms with Gasteiger partial charge in [0.15, 0.2) is 5.65 Å². The van der Waals surface area contributed by atoms with Crippen LogP contribution in [0, 0.1) is 6.92 Å². The predicted octanol–water partition coefficient (Wildman–Crippen LogP) is 2.06. The van der Waals surface area contributed by atoms with Crippen molar-refractivity contribution in [2.75, 3.05) is 43.6 Å². The first-order valence-electron chi connectivity index (χ1n) is 10.3. The molecule has 2 aliphatic rings. The lowest BCUT2D eigenvalue weighted by molar-refractivity contribution is 0.102. The first-order chi connectivity index (χ1) is 15.1. The molecule has 31 heavy (non-hydrogen) atoms. The highest BCUT2D eigenvalue weighted by Gasteiger charge is 2.25. The van der Waals surface area contributed by atoms with E-state index in [2.05, 4.69) is 27.2 Å². The van der Waals surface area contributed by atoms with Crippen LogP contribution in [0.5, 0.6) is 5.75 Å². The fourth-order valence-corrected chi connectivity index (χ4v) is 3.94. The molecular weight excluding hydrogens is 398 g/mol. The minimum atomic E-state index is -0.224. The molecule has 4 heterocycles. The van der Waals surface area contributed by atoms with E-state index in [1.807, 2.05) is 25.3 Å². The van der Waals surface area contributed by atoms with E-state index >= 15 is 0 Å². The number of rotatable bonds is 3. The molecule has 1 aromatic carbocycles. The zero-order valence-corrected chi connectivity index (χ0v) is 18.0. The molecule has 2 aromatic heterocycles. The number of hydrogen-bond donors (Lipinski definition) is 2. The molecule has 9 nitrogen and oxygen atoms in total. The third kappa shape index (κ3) is 4.19. The number of amides is 1. The Morgan fingerprint density at radius 2 is 2.00 bits per heavy atom. The van der Waals surface area contributed by atoms with Crippen molar-refractivity contribution >= 4 is 22.9 Å². The summed E-state index contributed by atoms with van der Waals surface area (Å²) in [5, 5.41) is 14.4. The molecule has 1 fully saturated rings. The number of aliphatic hydroxyl groups excluding tert-OH is 1. The van der Waals surface area contributed by atoms with Crippen LogP contribution in [0.3, 0.4) is 0 Å². The van der Waals surface area contributed by atoms with Gasteiger partial charge in [-0.05, 0) is 25.5 Å². The number of anilines is 2. The smallest absolute Gasteiger partial charge is 0.261 e. The van der Waals surface area contributed by atoms with Crippen molar-refractivity contribution in [3.8, 4) is 5.75 Å². The molecule has 9 heteroatoms. The molecule has 3 aromatic rings. The van der Waals surface area contributed by atoms with Crippen molar-refractivity contribution in [1.29, 1.82) is 0 Å². The van der Waals surface area contributed by atoms with Crippen LogP contribution in [-0.2, 0) is 11.2 Å². The van der Waals surface area contributed by atoms with E-state index in [-0.39, 0.29) is 12.0 Å². The lowest BCUT2D eigenvalue weighted by Gasteiger charge is -2.31. The Kier molecular flexibility index (Phi) is 6.06. The molecular formula is C22H27N5O4. The maximum Gasteiger partial charge on any atom is 0.261 e. The van der Waals surface area contributed by atoms with E-state index in [9.17, 15) is 4.79 Å². The number of hydrogen-bond acceptors (Lipinski definition) is 7. The minimum Gasteiger partial charge on any atom is -0.490 e. The van der Waals surface area contributed by atoms with Gasteiger partial charge in [-0.25, -0.2) is 9.50 Å².